The third-order valence-corrected chi connectivity index (χ3v) is 5.04. The summed E-state index contributed by atoms with van der Waals surface area (Å²) >= 11 is 0. The van der Waals surface area contributed by atoms with Gasteiger partial charge in [0.25, 0.3) is 0 Å². The average molecular weight is 413 g/mol. The monoisotopic (exact) mass is 413 g/mol. The van der Waals surface area contributed by atoms with Gasteiger partial charge in [0.15, 0.2) is 11.5 Å². The second-order valence-corrected chi connectivity index (χ2v) is 7.07. The predicted molar refractivity (Wildman–Crippen MR) is 115 cm³/mol. The second kappa shape index (κ2) is 8.31. The van der Waals surface area contributed by atoms with Crippen molar-refractivity contribution in [1.82, 2.24) is 10.1 Å². The number of nitrogens with zero attached hydrogens (tertiary/aromatic N) is 2. The maximum Gasteiger partial charge on any atom is 0.239 e. The van der Waals surface area contributed by atoms with Crippen molar-refractivity contribution in [3.05, 3.63) is 78.6 Å². The van der Waals surface area contributed by atoms with Gasteiger partial charge >= 0.3 is 0 Å². The van der Waals surface area contributed by atoms with Crippen molar-refractivity contribution < 1.29 is 18.8 Å². The van der Waals surface area contributed by atoms with Crippen LogP contribution in [0.25, 0.3) is 22.4 Å². The van der Waals surface area contributed by atoms with Gasteiger partial charge < -0.3 is 14.0 Å². The number of rotatable bonds is 6. The number of benzene rings is 2. The van der Waals surface area contributed by atoms with Crippen molar-refractivity contribution in [3.8, 4) is 33.9 Å². The molecule has 1 aliphatic rings. The third kappa shape index (κ3) is 3.98. The number of carbonyl (C=O) groups is 1. The summed E-state index contributed by atoms with van der Waals surface area (Å²) in [6.07, 6.45) is 4.35. The van der Waals surface area contributed by atoms with Gasteiger partial charge in [-0.3, -0.25) is 15.1 Å². The first kappa shape index (κ1) is 18.9. The topological polar surface area (TPSA) is 86.5 Å². The van der Waals surface area contributed by atoms with Crippen LogP contribution in [0.4, 0.5) is 5.88 Å². The lowest BCUT2D eigenvalue weighted by Gasteiger charge is -2.07. The fourth-order valence-electron chi connectivity index (χ4n) is 3.49. The van der Waals surface area contributed by atoms with Crippen LogP contribution in [0.15, 0.2) is 77.6 Å². The first-order valence-electron chi connectivity index (χ1n) is 9.92. The Hall–Kier alpha value is -4.13. The zero-order valence-corrected chi connectivity index (χ0v) is 16.6. The molecule has 2 aromatic heterocycles. The van der Waals surface area contributed by atoms with E-state index >= 15 is 0 Å². The second-order valence-electron chi connectivity index (χ2n) is 7.07. The lowest BCUT2D eigenvalue weighted by molar-refractivity contribution is -0.116. The molecule has 31 heavy (non-hydrogen) atoms. The van der Waals surface area contributed by atoms with E-state index in [0.29, 0.717) is 41.5 Å². The molecule has 1 aliphatic heterocycles. The summed E-state index contributed by atoms with van der Waals surface area (Å²) in [7, 11) is 0. The van der Waals surface area contributed by atoms with Gasteiger partial charge in [-0.25, -0.2) is 0 Å². The van der Waals surface area contributed by atoms with Crippen molar-refractivity contribution in [2.45, 2.75) is 12.8 Å². The van der Waals surface area contributed by atoms with Crippen molar-refractivity contribution >= 4 is 11.8 Å². The van der Waals surface area contributed by atoms with E-state index < -0.39 is 0 Å². The van der Waals surface area contributed by atoms with Gasteiger partial charge in [0.05, 0.1) is 5.56 Å². The quantitative estimate of drug-likeness (QED) is 0.493. The van der Waals surface area contributed by atoms with Gasteiger partial charge in [0.1, 0.15) is 5.69 Å². The molecule has 0 bridgehead atoms. The van der Waals surface area contributed by atoms with Gasteiger partial charge in [-0.05, 0) is 47.9 Å². The number of ether oxygens (including phenoxy) is 2. The summed E-state index contributed by atoms with van der Waals surface area (Å²) in [6.45, 7) is 0.192. The molecular weight excluding hydrogens is 394 g/mol. The van der Waals surface area contributed by atoms with E-state index in [1.807, 2.05) is 60.7 Å². The largest absolute Gasteiger partial charge is 0.454 e. The number of amides is 1. The molecule has 7 heteroatoms. The van der Waals surface area contributed by atoms with Crippen molar-refractivity contribution in [3.63, 3.8) is 0 Å². The van der Waals surface area contributed by atoms with Gasteiger partial charge in [0, 0.05) is 24.4 Å². The van der Waals surface area contributed by atoms with Crippen molar-refractivity contribution in [2.75, 3.05) is 12.1 Å². The maximum absolute atomic E-state index is 12.6. The number of hydrogen-bond acceptors (Lipinski definition) is 6. The standard InChI is InChI=1S/C24H19N3O4/c28-21(9-6-16-4-2-1-3-5-16)26-24-22(17-10-12-25-13-11-17)23(27-31-24)18-7-8-19-20(14-18)30-15-29-19/h1-5,7-8,10-14H,6,9,15H2,(H,26,28). The van der Waals surface area contributed by atoms with E-state index in [2.05, 4.69) is 15.5 Å². The molecule has 4 aromatic rings. The molecular formula is C24H19N3O4. The van der Waals surface area contributed by atoms with Gasteiger partial charge in [0.2, 0.25) is 18.6 Å². The highest BCUT2D eigenvalue weighted by molar-refractivity contribution is 5.97. The minimum atomic E-state index is -0.146. The molecule has 0 saturated carbocycles. The predicted octanol–water partition coefficient (Wildman–Crippen LogP) is 4.70. The molecule has 0 aliphatic carbocycles. The Balaban J connectivity index is 1.44. The van der Waals surface area contributed by atoms with Crippen LogP contribution in [0.2, 0.25) is 0 Å². The van der Waals surface area contributed by atoms with Crippen LogP contribution in [-0.2, 0) is 11.2 Å². The van der Waals surface area contributed by atoms with Crippen LogP contribution in [0.3, 0.4) is 0 Å². The van der Waals surface area contributed by atoms with E-state index in [1.54, 1.807) is 12.4 Å². The van der Waals surface area contributed by atoms with E-state index in [9.17, 15) is 4.79 Å². The Bertz CT molecular complexity index is 1210. The van der Waals surface area contributed by atoms with Crippen LogP contribution >= 0.6 is 0 Å². The first-order valence-corrected chi connectivity index (χ1v) is 9.92. The summed E-state index contributed by atoms with van der Waals surface area (Å²) < 4.78 is 16.5. The molecule has 1 N–H and O–H groups in total. The number of carbonyl (C=O) groups excluding carboxylic acids is 1. The lowest BCUT2D eigenvalue weighted by Crippen LogP contribution is -2.12. The minimum Gasteiger partial charge on any atom is -0.454 e. The number of aryl methyl sites for hydroxylation is 1. The number of nitrogens with one attached hydrogen (secondary N) is 1. The molecule has 0 atom stereocenters. The van der Waals surface area contributed by atoms with Crippen LogP contribution in [0.5, 0.6) is 11.5 Å². The molecule has 5 rings (SSSR count). The van der Waals surface area contributed by atoms with Crippen LogP contribution in [-0.4, -0.2) is 22.8 Å². The zero-order valence-electron chi connectivity index (χ0n) is 16.6. The Morgan fingerprint density at radius 1 is 0.935 bits per heavy atom. The molecule has 0 unspecified atom stereocenters. The van der Waals surface area contributed by atoms with Crippen molar-refractivity contribution in [2.24, 2.45) is 0 Å². The first-order chi connectivity index (χ1) is 15.3. The van der Waals surface area contributed by atoms with E-state index in [1.165, 1.54) is 0 Å². The van der Waals surface area contributed by atoms with E-state index in [0.717, 1.165) is 16.7 Å². The minimum absolute atomic E-state index is 0.146. The molecule has 0 radical (unpaired) electrons. The summed E-state index contributed by atoms with van der Waals surface area (Å²) in [5.41, 5.74) is 4.02. The van der Waals surface area contributed by atoms with E-state index in [-0.39, 0.29) is 12.7 Å². The molecule has 2 aromatic carbocycles. The smallest absolute Gasteiger partial charge is 0.239 e. The molecule has 3 heterocycles. The van der Waals surface area contributed by atoms with E-state index in [4.69, 9.17) is 14.0 Å². The fraction of sp³-hybridized carbons (Fsp3) is 0.125. The SMILES string of the molecule is O=C(CCc1ccccc1)Nc1onc(-c2ccc3c(c2)OCO3)c1-c1ccncc1. The summed E-state index contributed by atoms with van der Waals surface area (Å²) in [4.78, 5) is 16.7. The fourth-order valence-corrected chi connectivity index (χ4v) is 3.49. The lowest BCUT2D eigenvalue weighted by atomic mass is 10.0. The molecule has 0 spiro atoms. The highest BCUT2D eigenvalue weighted by atomic mass is 16.7. The molecule has 154 valence electrons. The van der Waals surface area contributed by atoms with Crippen LogP contribution in [0, 0.1) is 0 Å². The zero-order chi connectivity index (χ0) is 21.0. The number of hydrogen-bond donors (Lipinski definition) is 1. The summed E-state index contributed by atoms with van der Waals surface area (Å²) in [6, 6.07) is 19.2. The number of aromatic nitrogens is 2. The molecule has 7 nitrogen and oxygen atoms in total. The summed E-state index contributed by atoms with van der Waals surface area (Å²) in [5, 5.41) is 7.13. The molecule has 1 amide bonds. The highest BCUT2D eigenvalue weighted by Crippen LogP contribution is 2.41. The van der Waals surface area contributed by atoms with Gasteiger partial charge in [-0.15, -0.1) is 0 Å². The molecule has 0 saturated heterocycles. The Morgan fingerprint density at radius 2 is 1.74 bits per heavy atom. The normalized spacial score (nSPS) is 12.0. The molecule has 0 fully saturated rings. The Kier molecular flexibility index (Phi) is 5.06. The van der Waals surface area contributed by atoms with Gasteiger partial charge in [-0.1, -0.05) is 35.5 Å². The number of fused-ring (bicyclic) bond motifs is 1. The van der Waals surface area contributed by atoms with Crippen molar-refractivity contribution in [1.29, 1.82) is 0 Å². The number of anilines is 1. The average Bonchev–Trinajstić information content (AvgIpc) is 3.45. The maximum atomic E-state index is 12.6. The summed E-state index contributed by atoms with van der Waals surface area (Å²) in [5.74, 6) is 1.49. The van der Waals surface area contributed by atoms with Crippen LogP contribution in [0.1, 0.15) is 12.0 Å². The Morgan fingerprint density at radius 3 is 2.58 bits per heavy atom. The number of pyridine rings is 1. The Labute approximate surface area is 178 Å². The van der Waals surface area contributed by atoms with Crippen LogP contribution < -0.4 is 14.8 Å². The third-order valence-electron chi connectivity index (χ3n) is 5.04. The highest BCUT2D eigenvalue weighted by Gasteiger charge is 2.23. The van der Waals surface area contributed by atoms with Gasteiger partial charge in [-0.2, -0.15) is 0 Å².